The highest BCUT2D eigenvalue weighted by Crippen LogP contribution is 2.49. The molecule has 1 amide bonds. The van der Waals surface area contributed by atoms with Gasteiger partial charge in [-0.3, -0.25) is 4.79 Å². The van der Waals surface area contributed by atoms with Crippen LogP contribution in [0.5, 0.6) is 0 Å². The Morgan fingerprint density at radius 1 is 1.56 bits per heavy atom. The molecule has 0 saturated heterocycles. The molecule has 2 N–H and O–H groups in total. The fraction of sp³-hybridized carbons (Fsp3) is 0.692. The molecule has 0 radical (unpaired) electrons. The van der Waals surface area contributed by atoms with E-state index in [1.807, 2.05) is 0 Å². The van der Waals surface area contributed by atoms with Crippen LogP contribution in [-0.2, 0) is 14.3 Å². The van der Waals surface area contributed by atoms with Crippen molar-refractivity contribution in [2.75, 3.05) is 13.7 Å². The molecule has 0 bridgehead atoms. The number of amides is 1. The largest absolute Gasteiger partial charge is 0.480 e. The zero-order valence-corrected chi connectivity index (χ0v) is 10.8. The molecule has 0 aromatic carbocycles. The van der Waals surface area contributed by atoms with Crippen molar-refractivity contribution in [2.24, 2.45) is 5.41 Å². The summed E-state index contributed by atoms with van der Waals surface area (Å²) in [5, 5.41) is 11.7. The van der Waals surface area contributed by atoms with E-state index in [4.69, 9.17) is 9.84 Å². The summed E-state index contributed by atoms with van der Waals surface area (Å²) in [6, 6.07) is -0.824. The molecule has 1 atom stereocenters. The van der Waals surface area contributed by atoms with Gasteiger partial charge in [0.1, 0.15) is 6.04 Å². The Kier molecular flexibility index (Phi) is 5.34. The van der Waals surface area contributed by atoms with E-state index in [0.29, 0.717) is 25.9 Å². The maximum atomic E-state index is 12.1. The summed E-state index contributed by atoms with van der Waals surface area (Å²) in [5.41, 5.74) is -0.391. The van der Waals surface area contributed by atoms with Crippen LogP contribution in [-0.4, -0.2) is 36.7 Å². The summed E-state index contributed by atoms with van der Waals surface area (Å²) in [6.07, 6.45) is 4.89. The van der Waals surface area contributed by atoms with Crippen molar-refractivity contribution in [1.82, 2.24) is 5.32 Å². The van der Waals surface area contributed by atoms with Gasteiger partial charge in [-0.25, -0.2) is 4.79 Å². The SMILES string of the molecule is C=CCCC(NC(=O)C1(CCOC)CC1)C(=O)O. The summed E-state index contributed by atoms with van der Waals surface area (Å²) >= 11 is 0. The lowest BCUT2D eigenvalue weighted by atomic mass is 10.0. The van der Waals surface area contributed by atoms with E-state index in [1.165, 1.54) is 0 Å². The van der Waals surface area contributed by atoms with Crippen molar-refractivity contribution in [3.63, 3.8) is 0 Å². The zero-order chi connectivity index (χ0) is 13.6. The van der Waals surface area contributed by atoms with Crippen LogP contribution < -0.4 is 5.32 Å². The summed E-state index contributed by atoms with van der Waals surface area (Å²) in [6.45, 7) is 4.08. The van der Waals surface area contributed by atoms with Crippen LogP contribution >= 0.6 is 0 Å². The summed E-state index contributed by atoms with van der Waals surface area (Å²) in [5.74, 6) is -1.15. The third-order valence-electron chi connectivity index (χ3n) is 3.38. The Morgan fingerprint density at radius 3 is 2.67 bits per heavy atom. The number of ether oxygens (including phenoxy) is 1. The lowest BCUT2D eigenvalue weighted by Gasteiger charge is -2.19. The molecule has 0 spiro atoms. The van der Waals surface area contributed by atoms with Crippen LogP contribution in [0.2, 0.25) is 0 Å². The van der Waals surface area contributed by atoms with Crippen LogP contribution in [0.15, 0.2) is 12.7 Å². The molecule has 0 heterocycles. The quantitative estimate of drug-likeness (QED) is 0.610. The highest BCUT2D eigenvalue weighted by Gasteiger charge is 2.49. The van der Waals surface area contributed by atoms with Crippen LogP contribution in [0.3, 0.4) is 0 Å². The maximum Gasteiger partial charge on any atom is 0.326 e. The average Bonchev–Trinajstić information content (AvgIpc) is 3.12. The molecular weight excluding hydrogens is 234 g/mol. The van der Waals surface area contributed by atoms with Gasteiger partial charge < -0.3 is 15.2 Å². The van der Waals surface area contributed by atoms with E-state index < -0.39 is 17.4 Å². The lowest BCUT2D eigenvalue weighted by Crippen LogP contribution is -2.44. The third-order valence-corrected chi connectivity index (χ3v) is 3.38. The van der Waals surface area contributed by atoms with Crippen molar-refractivity contribution in [3.8, 4) is 0 Å². The van der Waals surface area contributed by atoms with Crippen molar-refractivity contribution in [1.29, 1.82) is 0 Å². The van der Waals surface area contributed by atoms with Gasteiger partial charge in [-0.2, -0.15) is 0 Å². The Bertz CT molecular complexity index is 323. The minimum atomic E-state index is -0.993. The molecule has 5 heteroatoms. The predicted molar refractivity (Wildman–Crippen MR) is 67.2 cm³/mol. The number of rotatable bonds is 9. The molecule has 0 aromatic heterocycles. The normalized spacial score (nSPS) is 17.8. The third kappa shape index (κ3) is 3.84. The number of carbonyl (C=O) groups is 2. The molecule has 1 fully saturated rings. The van der Waals surface area contributed by atoms with E-state index in [-0.39, 0.29) is 5.91 Å². The number of nitrogens with one attached hydrogen (secondary N) is 1. The molecule has 1 rings (SSSR count). The Morgan fingerprint density at radius 2 is 2.22 bits per heavy atom. The van der Waals surface area contributed by atoms with E-state index in [9.17, 15) is 9.59 Å². The number of hydrogen-bond donors (Lipinski definition) is 2. The average molecular weight is 255 g/mol. The first-order chi connectivity index (χ1) is 8.55. The molecule has 1 aliphatic carbocycles. The second-order valence-electron chi connectivity index (χ2n) is 4.75. The Balaban J connectivity index is 2.50. The van der Waals surface area contributed by atoms with Crippen molar-refractivity contribution >= 4 is 11.9 Å². The second kappa shape index (κ2) is 6.54. The minimum Gasteiger partial charge on any atom is -0.480 e. The van der Waals surface area contributed by atoms with Crippen LogP contribution in [0, 0.1) is 5.41 Å². The van der Waals surface area contributed by atoms with Gasteiger partial charge in [0.25, 0.3) is 0 Å². The molecule has 0 aromatic rings. The number of carboxylic acids is 1. The van der Waals surface area contributed by atoms with E-state index in [1.54, 1.807) is 13.2 Å². The van der Waals surface area contributed by atoms with Gasteiger partial charge >= 0.3 is 5.97 Å². The number of allylic oxidation sites excluding steroid dienone is 1. The molecule has 1 saturated carbocycles. The van der Waals surface area contributed by atoms with Crippen LogP contribution in [0.25, 0.3) is 0 Å². The van der Waals surface area contributed by atoms with Gasteiger partial charge in [0.05, 0.1) is 5.41 Å². The number of aliphatic carboxylic acids is 1. The van der Waals surface area contributed by atoms with Gasteiger partial charge in [0.2, 0.25) is 5.91 Å². The van der Waals surface area contributed by atoms with E-state index in [2.05, 4.69) is 11.9 Å². The van der Waals surface area contributed by atoms with Gasteiger partial charge in [-0.15, -0.1) is 6.58 Å². The van der Waals surface area contributed by atoms with E-state index in [0.717, 1.165) is 12.8 Å². The molecular formula is C13H21NO4. The molecule has 102 valence electrons. The Labute approximate surface area is 107 Å². The maximum absolute atomic E-state index is 12.1. The van der Waals surface area contributed by atoms with E-state index >= 15 is 0 Å². The van der Waals surface area contributed by atoms with Gasteiger partial charge in [0.15, 0.2) is 0 Å². The molecule has 0 aliphatic heterocycles. The summed E-state index contributed by atoms with van der Waals surface area (Å²) in [4.78, 5) is 23.1. The lowest BCUT2D eigenvalue weighted by molar-refractivity contribution is -0.143. The minimum absolute atomic E-state index is 0.156. The smallest absolute Gasteiger partial charge is 0.326 e. The Hall–Kier alpha value is -1.36. The first-order valence-electron chi connectivity index (χ1n) is 6.19. The predicted octanol–water partition coefficient (Wildman–Crippen LogP) is 1.34. The fourth-order valence-corrected chi connectivity index (χ4v) is 1.89. The molecule has 1 aliphatic rings. The van der Waals surface area contributed by atoms with Crippen LogP contribution in [0.1, 0.15) is 32.1 Å². The van der Waals surface area contributed by atoms with Gasteiger partial charge in [-0.1, -0.05) is 6.08 Å². The van der Waals surface area contributed by atoms with Crippen molar-refractivity contribution < 1.29 is 19.4 Å². The monoisotopic (exact) mass is 255 g/mol. The summed E-state index contributed by atoms with van der Waals surface area (Å²) < 4.78 is 4.98. The highest BCUT2D eigenvalue weighted by atomic mass is 16.5. The van der Waals surface area contributed by atoms with Crippen LogP contribution in [0.4, 0.5) is 0 Å². The first-order valence-corrected chi connectivity index (χ1v) is 6.19. The number of carbonyl (C=O) groups excluding carboxylic acids is 1. The topological polar surface area (TPSA) is 75.6 Å². The molecule has 5 nitrogen and oxygen atoms in total. The first kappa shape index (κ1) is 14.7. The van der Waals surface area contributed by atoms with Gasteiger partial charge in [-0.05, 0) is 32.1 Å². The zero-order valence-electron chi connectivity index (χ0n) is 10.8. The summed E-state index contributed by atoms with van der Waals surface area (Å²) in [7, 11) is 1.60. The van der Waals surface area contributed by atoms with Crippen molar-refractivity contribution in [2.45, 2.75) is 38.1 Å². The molecule has 18 heavy (non-hydrogen) atoms. The van der Waals surface area contributed by atoms with Crippen molar-refractivity contribution in [3.05, 3.63) is 12.7 Å². The standard InChI is InChI=1S/C13H21NO4/c1-3-4-5-10(11(15)16)14-12(17)13(6-7-13)8-9-18-2/h3,10H,1,4-9H2,2H3,(H,14,17)(H,15,16). The van der Waals surface area contributed by atoms with Gasteiger partial charge in [0, 0.05) is 13.7 Å². The fourth-order valence-electron chi connectivity index (χ4n) is 1.89. The number of carboxylic acid groups (broad SMARTS) is 1. The second-order valence-corrected chi connectivity index (χ2v) is 4.75. The molecule has 1 unspecified atom stereocenters. The number of hydrogen-bond acceptors (Lipinski definition) is 3. The highest BCUT2D eigenvalue weighted by molar-refractivity contribution is 5.89. The number of methoxy groups -OCH3 is 1.